The van der Waals surface area contributed by atoms with Gasteiger partial charge in [0.25, 0.3) is 5.22 Å². The monoisotopic (exact) mass is 380 g/mol. The minimum Gasteiger partial charge on any atom is -0.497 e. The molecule has 0 saturated carbocycles. The topological polar surface area (TPSA) is 87.1 Å². The number of rotatable bonds is 6. The highest BCUT2D eigenvalue weighted by atomic mass is 32.2. The Morgan fingerprint density at radius 1 is 0.815 bits per heavy atom. The highest BCUT2D eigenvalue weighted by molar-refractivity contribution is 7.99. The third-order valence-corrected chi connectivity index (χ3v) is 4.75. The van der Waals surface area contributed by atoms with Crippen molar-refractivity contribution < 1.29 is 13.6 Å². The number of thioether (sulfide) groups is 1. The predicted molar refractivity (Wildman–Crippen MR) is 100 cm³/mol. The summed E-state index contributed by atoms with van der Waals surface area (Å²) in [5.74, 6) is 2.21. The molecule has 27 heavy (non-hydrogen) atoms. The molecule has 0 aliphatic heterocycles. The van der Waals surface area contributed by atoms with Gasteiger partial charge in [-0.25, -0.2) is 0 Å². The molecular formula is C19H16N4O3S. The van der Waals surface area contributed by atoms with E-state index < -0.39 is 0 Å². The van der Waals surface area contributed by atoms with Crippen molar-refractivity contribution in [2.75, 3.05) is 7.11 Å². The van der Waals surface area contributed by atoms with E-state index in [1.807, 2.05) is 61.5 Å². The third-order valence-electron chi connectivity index (χ3n) is 3.83. The highest BCUT2D eigenvalue weighted by Crippen LogP contribution is 2.35. The summed E-state index contributed by atoms with van der Waals surface area (Å²) in [6, 6.07) is 17.1. The van der Waals surface area contributed by atoms with Crippen molar-refractivity contribution in [2.24, 2.45) is 0 Å². The molecule has 7 nitrogen and oxygen atoms in total. The number of methoxy groups -OCH3 is 1. The fraction of sp³-hybridized carbons (Fsp3) is 0.158. The Balaban J connectivity index is 1.46. The lowest BCUT2D eigenvalue weighted by Gasteiger charge is -2.02. The number of hydrogen-bond acceptors (Lipinski definition) is 8. The molecule has 0 saturated heterocycles. The maximum atomic E-state index is 5.77. The van der Waals surface area contributed by atoms with Crippen LogP contribution in [0.5, 0.6) is 5.75 Å². The van der Waals surface area contributed by atoms with Gasteiger partial charge in [-0.3, -0.25) is 0 Å². The van der Waals surface area contributed by atoms with Crippen LogP contribution >= 0.6 is 11.8 Å². The molecule has 136 valence electrons. The molecule has 4 rings (SSSR count). The molecule has 0 amide bonds. The van der Waals surface area contributed by atoms with Gasteiger partial charge >= 0.3 is 0 Å². The van der Waals surface area contributed by atoms with E-state index in [1.54, 1.807) is 7.11 Å². The molecule has 0 bridgehead atoms. The molecule has 4 aromatic rings. The van der Waals surface area contributed by atoms with Gasteiger partial charge in [-0.2, -0.15) is 0 Å². The van der Waals surface area contributed by atoms with Gasteiger partial charge in [0.15, 0.2) is 0 Å². The Bertz CT molecular complexity index is 1010. The Morgan fingerprint density at radius 2 is 1.48 bits per heavy atom. The molecule has 2 aromatic carbocycles. The first kappa shape index (κ1) is 17.3. The molecule has 8 heteroatoms. The number of benzene rings is 2. The van der Waals surface area contributed by atoms with Gasteiger partial charge in [0.1, 0.15) is 5.75 Å². The largest absolute Gasteiger partial charge is 0.497 e. The second-order valence-electron chi connectivity index (χ2n) is 5.67. The normalized spacial score (nSPS) is 12.1. The first-order valence-corrected chi connectivity index (χ1v) is 9.14. The number of aromatic nitrogens is 4. The predicted octanol–water partition coefficient (Wildman–Crippen LogP) is 4.65. The minimum atomic E-state index is -0.126. The molecule has 0 radical (unpaired) electrons. The van der Waals surface area contributed by atoms with Gasteiger partial charge < -0.3 is 13.6 Å². The third kappa shape index (κ3) is 3.85. The first-order valence-electron chi connectivity index (χ1n) is 8.26. The number of hydrogen-bond donors (Lipinski definition) is 0. The Kier molecular flexibility index (Phi) is 4.88. The molecule has 1 atom stereocenters. The lowest BCUT2D eigenvalue weighted by atomic mass is 10.2. The van der Waals surface area contributed by atoms with Crippen LogP contribution in [-0.2, 0) is 0 Å². The smallest absolute Gasteiger partial charge is 0.277 e. The summed E-state index contributed by atoms with van der Waals surface area (Å²) in [5.41, 5.74) is 1.71. The number of nitrogens with zero attached hydrogens (tertiary/aromatic N) is 4. The summed E-state index contributed by atoms with van der Waals surface area (Å²) in [7, 11) is 1.62. The van der Waals surface area contributed by atoms with Crippen molar-refractivity contribution in [1.29, 1.82) is 0 Å². The average molecular weight is 380 g/mol. The molecule has 0 aliphatic rings. The average Bonchev–Trinajstić information content (AvgIpc) is 3.39. The van der Waals surface area contributed by atoms with Crippen LogP contribution in [0.2, 0.25) is 0 Å². The molecule has 0 aliphatic carbocycles. The van der Waals surface area contributed by atoms with Gasteiger partial charge in [-0.1, -0.05) is 30.0 Å². The summed E-state index contributed by atoms with van der Waals surface area (Å²) >= 11 is 1.37. The van der Waals surface area contributed by atoms with Gasteiger partial charge in [0.2, 0.25) is 17.7 Å². The summed E-state index contributed by atoms with van der Waals surface area (Å²) in [6.45, 7) is 1.95. The summed E-state index contributed by atoms with van der Waals surface area (Å²) in [6.07, 6.45) is 0. The lowest BCUT2D eigenvalue weighted by molar-refractivity contribution is 0.414. The van der Waals surface area contributed by atoms with Crippen molar-refractivity contribution in [2.45, 2.75) is 17.4 Å². The van der Waals surface area contributed by atoms with Crippen molar-refractivity contribution in [3.63, 3.8) is 0 Å². The van der Waals surface area contributed by atoms with Crippen LogP contribution in [0.25, 0.3) is 22.9 Å². The van der Waals surface area contributed by atoms with E-state index in [0.717, 1.165) is 16.9 Å². The molecule has 2 heterocycles. The number of ether oxygens (including phenoxy) is 1. The molecule has 0 unspecified atom stereocenters. The maximum absolute atomic E-state index is 5.77. The van der Waals surface area contributed by atoms with Crippen molar-refractivity contribution in [3.05, 3.63) is 60.5 Å². The highest BCUT2D eigenvalue weighted by Gasteiger charge is 2.19. The van der Waals surface area contributed by atoms with Crippen molar-refractivity contribution in [1.82, 2.24) is 20.4 Å². The molecule has 2 aromatic heterocycles. The van der Waals surface area contributed by atoms with Gasteiger partial charge in [0, 0.05) is 11.1 Å². The Hall–Kier alpha value is -3.13. The van der Waals surface area contributed by atoms with Crippen molar-refractivity contribution in [3.8, 4) is 28.7 Å². The standard InChI is InChI=1S/C19H16N4O3S/c1-12(16-20-21-17(25-16)13-6-4-3-5-7-13)27-19-23-22-18(26-19)14-8-10-15(24-2)11-9-14/h3-12H,1-2H3/t12-/m0/s1. The molecular weight excluding hydrogens is 364 g/mol. The van der Waals surface area contributed by atoms with Crippen LogP contribution in [0, 0.1) is 0 Å². The van der Waals surface area contributed by atoms with Crippen molar-refractivity contribution >= 4 is 11.8 Å². The second kappa shape index (κ2) is 7.63. The van der Waals surface area contributed by atoms with Crippen LogP contribution in [-0.4, -0.2) is 27.5 Å². The summed E-state index contributed by atoms with van der Waals surface area (Å²) in [4.78, 5) is 0. The molecule has 0 spiro atoms. The second-order valence-corrected chi connectivity index (χ2v) is 6.97. The summed E-state index contributed by atoms with van der Waals surface area (Å²) < 4.78 is 16.7. The van der Waals surface area contributed by atoms with E-state index in [4.69, 9.17) is 13.6 Å². The quantitative estimate of drug-likeness (QED) is 0.447. The van der Waals surface area contributed by atoms with Gasteiger partial charge in [-0.15, -0.1) is 20.4 Å². The maximum Gasteiger partial charge on any atom is 0.277 e. The van der Waals surface area contributed by atoms with Crippen LogP contribution in [0.1, 0.15) is 18.1 Å². The minimum absolute atomic E-state index is 0.126. The Labute approximate surface area is 159 Å². The van der Waals surface area contributed by atoms with E-state index in [2.05, 4.69) is 20.4 Å². The van der Waals surface area contributed by atoms with Crippen LogP contribution in [0.4, 0.5) is 0 Å². The molecule has 0 N–H and O–H groups in total. The fourth-order valence-electron chi connectivity index (χ4n) is 2.41. The zero-order chi connectivity index (χ0) is 18.6. The van der Waals surface area contributed by atoms with Gasteiger partial charge in [0.05, 0.1) is 12.4 Å². The Morgan fingerprint density at radius 3 is 2.22 bits per heavy atom. The van der Waals surface area contributed by atoms with E-state index in [9.17, 15) is 0 Å². The van der Waals surface area contributed by atoms with E-state index in [0.29, 0.717) is 22.9 Å². The fourth-order valence-corrected chi connectivity index (χ4v) is 3.12. The SMILES string of the molecule is COc1ccc(-c2nnc(S[C@@H](C)c3nnc(-c4ccccc4)o3)o2)cc1. The molecule has 0 fully saturated rings. The van der Waals surface area contributed by atoms with Crippen LogP contribution in [0.3, 0.4) is 0 Å². The zero-order valence-corrected chi connectivity index (χ0v) is 15.5. The lowest BCUT2D eigenvalue weighted by Crippen LogP contribution is -1.88. The summed E-state index contributed by atoms with van der Waals surface area (Å²) in [5, 5.41) is 16.7. The van der Waals surface area contributed by atoms with E-state index in [-0.39, 0.29) is 5.25 Å². The first-order chi connectivity index (χ1) is 13.2. The zero-order valence-electron chi connectivity index (χ0n) is 14.7. The van der Waals surface area contributed by atoms with Crippen LogP contribution < -0.4 is 4.74 Å². The van der Waals surface area contributed by atoms with E-state index >= 15 is 0 Å². The van der Waals surface area contributed by atoms with Crippen LogP contribution in [0.15, 0.2) is 68.7 Å². The van der Waals surface area contributed by atoms with Gasteiger partial charge in [-0.05, 0) is 43.3 Å². The van der Waals surface area contributed by atoms with E-state index in [1.165, 1.54) is 11.8 Å².